The van der Waals surface area contributed by atoms with Crippen LogP contribution in [0.15, 0.2) is 29.3 Å². The molecule has 0 spiro atoms. The number of aliphatic imine (C=N–C) groups is 1. The minimum absolute atomic E-state index is 0.0965. The third kappa shape index (κ3) is 6.21. The van der Waals surface area contributed by atoms with E-state index in [0.29, 0.717) is 6.04 Å². The van der Waals surface area contributed by atoms with Gasteiger partial charge >= 0.3 is 0 Å². The molecule has 0 aromatic heterocycles. The highest BCUT2D eigenvalue weighted by molar-refractivity contribution is 5.79. The first-order valence-corrected chi connectivity index (χ1v) is 11.0. The Labute approximate surface area is 171 Å². The Morgan fingerprint density at radius 3 is 2.54 bits per heavy atom. The van der Waals surface area contributed by atoms with Gasteiger partial charge in [0.2, 0.25) is 0 Å². The molecule has 0 aliphatic carbocycles. The number of nitrogens with one attached hydrogen (secondary N) is 2. The topological polar surface area (TPSA) is 59.9 Å². The van der Waals surface area contributed by atoms with Crippen LogP contribution in [0.2, 0.25) is 0 Å². The summed E-state index contributed by atoms with van der Waals surface area (Å²) in [6.45, 7) is 13.6. The van der Waals surface area contributed by atoms with Gasteiger partial charge in [0.15, 0.2) is 5.96 Å². The number of hydrogen-bond acceptors (Lipinski definition) is 3. The van der Waals surface area contributed by atoms with Crippen LogP contribution in [0.5, 0.6) is 0 Å². The van der Waals surface area contributed by atoms with E-state index >= 15 is 0 Å². The van der Waals surface area contributed by atoms with Crippen molar-refractivity contribution in [1.29, 1.82) is 0 Å². The van der Waals surface area contributed by atoms with Crippen molar-refractivity contribution in [2.45, 2.75) is 66.0 Å². The standard InChI is InChI=1S/C23H40N4O/c1-5-23(6-2,13-15-28)18-26-22(24-7-3)25-16-19(4)27-14-12-20-10-8-9-11-21(20)17-27/h8-11,19,28H,5-7,12-18H2,1-4H3,(H2,24,25,26). The normalized spacial score (nSPS) is 16.5. The van der Waals surface area contributed by atoms with Gasteiger partial charge in [0, 0.05) is 45.4 Å². The van der Waals surface area contributed by atoms with E-state index in [9.17, 15) is 5.11 Å². The lowest BCUT2D eigenvalue weighted by atomic mass is 9.79. The molecule has 28 heavy (non-hydrogen) atoms. The van der Waals surface area contributed by atoms with E-state index in [2.05, 4.69) is 67.5 Å². The average molecular weight is 389 g/mol. The van der Waals surface area contributed by atoms with Gasteiger partial charge in [0.25, 0.3) is 0 Å². The summed E-state index contributed by atoms with van der Waals surface area (Å²) in [6.07, 6.45) is 4.02. The summed E-state index contributed by atoms with van der Waals surface area (Å²) in [4.78, 5) is 7.41. The van der Waals surface area contributed by atoms with Crippen LogP contribution in [0.1, 0.15) is 58.1 Å². The van der Waals surface area contributed by atoms with Crippen LogP contribution in [0.3, 0.4) is 0 Å². The molecule has 1 atom stereocenters. The highest BCUT2D eigenvalue weighted by atomic mass is 16.3. The molecule has 0 saturated heterocycles. The Morgan fingerprint density at radius 1 is 1.18 bits per heavy atom. The zero-order chi connectivity index (χ0) is 20.4. The number of aliphatic hydroxyl groups is 1. The van der Waals surface area contributed by atoms with Crippen LogP contribution in [-0.4, -0.2) is 54.8 Å². The molecule has 0 bridgehead atoms. The third-order valence-corrected chi connectivity index (χ3v) is 6.41. The van der Waals surface area contributed by atoms with Crippen LogP contribution in [0, 0.1) is 5.41 Å². The summed E-state index contributed by atoms with van der Waals surface area (Å²) < 4.78 is 0. The summed E-state index contributed by atoms with van der Waals surface area (Å²) in [7, 11) is 0. The third-order valence-electron chi connectivity index (χ3n) is 6.41. The first-order chi connectivity index (χ1) is 13.6. The summed E-state index contributed by atoms with van der Waals surface area (Å²) in [6, 6.07) is 9.23. The monoisotopic (exact) mass is 388 g/mol. The predicted molar refractivity (Wildman–Crippen MR) is 119 cm³/mol. The van der Waals surface area contributed by atoms with Crippen molar-refractivity contribution >= 4 is 5.96 Å². The minimum Gasteiger partial charge on any atom is -0.396 e. The Hall–Kier alpha value is -1.59. The number of benzene rings is 1. The van der Waals surface area contributed by atoms with E-state index < -0.39 is 0 Å². The molecule has 1 heterocycles. The molecule has 1 aromatic carbocycles. The van der Waals surface area contributed by atoms with Gasteiger partial charge in [0.1, 0.15) is 0 Å². The highest BCUT2D eigenvalue weighted by Gasteiger charge is 2.25. The lowest BCUT2D eigenvalue weighted by molar-refractivity contribution is 0.175. The molecule has 1 aliphatic heterocycles. The van der Waals surface area contributed by atoms with Crippen LogP contribution >= 0.6 is 0 Å². The van der Waals surface area contributed by atoms with Gasteiger partial charge in [-0.2, -0.15) is 0 Å². The largest absolute Gasteiger partial charge is 0.396 e. The van der Waals surface area contributed by atoms with E-state index in [0.717, 1.165) is 64.4 Å². The smallest absolute Gasteiger partial charge is 0.191 e. The van der Waals surface area contributed by atoms with Gasteiger partial charge in [0.05, 0.1) is 0 Å². The quantitative estimate of drug-likeness (QED) is 0.426. The molecule has 0 fully saturated rings. The lowest BCUT2D eigenvalue weighted by Crippen LogP contribution is -2.47. The van der Waals surface area contributed by atoms with E-state index in [1.807, 2.05) is 0 Å². The number of hydrogen-bond donors (Lipinski definition) is 3. The molecule has 3 N–H and O–H groups in total. The molecule has 5 heteroatoms. The van der Waals surface area contributed by atoms with Crippen LogP contribution in [0.4, 0.5) is 0 Å². The Balaban J connectivity index is 1.93. The minimum atomic E-state index is 0.0965. The predicted octanol–water partition coefficient (Wildman–Crippen LogP) is 3.18. The van der Waals surface area contributed by atoms with E-state index in [-0.39, 0.29) is 12.0 Å². The van der Waals surface area contributed by atoms with Crippen molar-refractivity contribution < 1.29 is 5.11 Å². The molecule has 1 unspecified atom stereocenters. The van der Waals surface area contributed by atoms with Crippen molar-refractivity contribution in [2.75, 3.05) is 32.8 Å². The number of aliphatic hydroxyl groups excluding tert-OH is 1. The molecule has 5 nitrogen and oxygen atoms in total. The van der Waals surface area contributed by atoms with E-state index in [1.165, 1.54) is 11.1 Å². The fourth-order valence-corrected chi connectivity index (χ4v) is 4.00. The maximum atomic E-state index is 9.44. The average Bonchev–Trinajstić information content (AvgIpc) is 2.74. The maximum absolute atomic E-state index is 9.44. The fraction of sp³-hybridized carbons (Fsp3) is 0.696. The summed E-state index contributed by atoms with van der Waals surface area (Å²) in [5.74, 6) is 0.885. The Morgan fingerprint density at radius 2 is 1.89 bits per heavy atom. The molecular formula is C23H40N4O. The fourth-order valence-electron chi connectivity index (χ4n) is 4.00. The van der Waals surface area contributed by atoms with Crippen LogP contribution in [0.25, 0.3) is 0 Å². The summed E-state index contributed by atoms with van der Waals surface area (Å²) in [5.41, 5.74) is 3.05. The molecule has 0 radical (unpaired) electrons. The lowest BCUT2D eigenvalue weighted by Gasteiger charge is -2.34. The summed E-state index contributed by atoms with van der Waals surface area (Å²) >= 11 is 0. The van der Waals surface area contributed by atoms with Gasteiger partial charge in [-0.15, -0.1) is 0 Å². The van der Waals surface area contributed by atoms with Crippen LogP contribution < -0.4 is 10.6 Å². The molecule has 1 aromatic rings. The van der Waals surface area contributed by atoms with Crippen molar-refractivity contribution in [3.8, 4) is 0 Å². The van der Waals surface area contributed by atoms with Crippen molar-refractivity contribution in [1.82, 2.24) is 15.5 Å². The van der Waals surface area contributed by atoms with Crippen molar-refractivity contribution in [3.05, 3.63) is 35.4 Å². The van der Waals surface area contributed by atoms with Gasteiger partial charge < -0.3 is 15.7 Å². The number of guanidine groups is 1. The molecule has 2 rings (SSSR count). The second-order valence-electron chi connectivity index (χ2n) is 8.09. The van der Waals surface area contributed by atoms with E-state index in [4.69, 9.17) is 4.99 Å². The van der Waals surface area contributed by atoms with Gasteiger partial charge in [-0.3, -0.25) is 9.89 Å². The zero-order valence-corrected chi connectivity index (χ0v) is 18.3. The molecule has 158 valence electrons. The molecule has 0 amide bonds. The number of nitrogens with zero attached hydrogens (tertiary/aromatic N) is 2. The Kier molecular flexibility index (Phi) is 9.26. The molecule has 1 aliphatic rings. The van der Waals surface area contributed by atoms with Crippen molar-refractivity contribution in [3.63, 3.8) is 0 Å². The van der Waals surface area contributed by atoms with Gasteiger partial charge in [-0.25, -0.2) is 0 Å². The number of fused-ring (bicyclic) bond motifs is 1. The van der Waals surface area contributed by atoms with Gasteiger partial charge in [-0.1, -0.05) is 38.1 Å². The number of rotatable bonds is 10. The van der Waals surface area contributed by atoms with Gasteiger partial charge in [-0.05, 0) is 56.1 Å². The molecular weight excluding hydrogens is 348 g/mol. The van der Waals surface area contributed by atoms with Crippen molar-refractivity contribution in [2.24, 2.45) is 10.4 Å². The van der Waals surface area contributed by atoms with Crippen LogP contribution in [-0.2, 0) is 13.0 Å². The first-order valence-electron chi connectivity index (χ1n) is 11.0. The summed E-state index contributed by atoms with van der Waals surface area (Å²) in [5, 5.41) is 16.4. The second-order valence-corrected chi connectivity index (χ2v) is 8.09. The SMILES string of the molecule is CCNC(=NCC(CC)(CC)CCO)NCC(C)N1CCc2ccccc2C1. The zero-order valence-electron chi connectivity index (χ0n) is 18.3. The molecule has 0 saturated carbocycles. The first kappa shape index (κ1) is 22.7. The maximum Gasteiger partial charge on any atom is 0.191 e. The van der Waals surface area contributed by atoms with E-state index in [1.54, 1.807) is 0 Å². The highest BCUT2D eigenvalue weighted by Crippen LogP contribution is 2.30. The second kappa shape index (κ2) is 11.4. The Bertz CT molecular complexity index is 612.